The minimum absolute atomic E-state index is 0.235. The molecule has 0 bridgehead atoms. The summed E-state index contributed by atoms with van der Waals surface area (Å²) < 4.78 is 0. The Labute approximate surface area is 95.2 Å². The minimum Gasteiger partial charge on any atom is -0.260 e. The van der Waals surface area contributed by atoms with Crippen LogP contribution in [0.25, 0.3) is 0 Å². The van der Waals surface area contributed by atoms with Crippen molar-refractivity contribution in [2.45, 2.75) is 70.8 Å². The summed E-state index contributed by atoms with van der Waals surface area (Å²) >= 11 is 0. The van der Waals surface area contributed by atoms with Crippen molar-refractivity contribution in [3.8, 4) is 0 Å². The quantitative estimate of drug-likeness (QED) is 0.702. The average molecular weight is 212 g/mol. The first-order valence-corrected chi connectivity index (χ1v) is 6.61. The molecule has 0 aromatic heterocycles. The molecule has 1 rings (SSSR count). The fraction of sp³-hybridized carbons (Fsp3) is 1.00. The van der Waals surface area contributed by atoms with Gasteiger partial charge in [0.2, 0.25) is 0 Å². The highest BCUT2D eigenvalue weighted by atomic mass is 15.4. The standard InChI is InChI=1S/C13H28N2/c1-13(2,15-14-3)12-10-8-6-4-5-7-9-11-12/h12,14-15H,4-11H2,1-3H3. The van der Waals surface area contributed by atoms with Gasteiger partial charge < -0.3 is 0 Å². The van der Waals surface area contributed by atoms with E-state index < -0.39 is 0 Å². The van der Waals surface area contributed by atoms with E-state index in [1.54, 1.807) is 0 Å². The molecule has 0 atom stereocenters. The lowest BCUT2D eigenvalue weighted by atomic mass is 9.81. The van der Waals surface area contributed by atoms with Crippen molar-refractivity contribution in [2.24, 2.45) is 5.92 Å². The highest BCUT2D eigenvalue weighted by molar-refractivity contribution is 4.84. The lowest BCUT2D eigenvalue weighted by molar-refractivity contribution is 0.201. The van der Waals surface area contributed by atoms with E-state index in [0.29, 0.717) is 0 Å². The Balaban J connectivity index is 2.47. The third-order valence-corrected chi connectivity index (χ3v) is 3.82. The summed E-state index contributed by atoms with van der Waals surface area (Å²) in [5.41, 5.74) is 6.75. The lowest BCUT2D eigenvalue weighted by Gasteiger charge is -2.35. The summed E-state index contributed by atoms with van der Waals surface area (Å²) in [6.07, 6.45) is 11.4. The summed E-state index contributed by atoms with van der Waals surface area (Å²) in [5, 5.41) is 0. The van der Waals surface area contributed by atoms with Crippen molar-refractivity contribution in [1.29, 1.82) is 0 Å². The Morgan fingerprint density at radius 1 is 0.867 bits per heavy atom. The van der Waals surface area contributed by atoms with Gasteiger partial charge in [-0.25, -0.2) is 0 Å². The van der Waals surface area contributed by atoms with Crippen LogP contribution >= 0.6 is 0 Å². The molecule has 0 aromatic carbocycles. The van der Waals surface area contributed by atoms with Gasteiger partial charge in [0.15, 0.2) is 0 Å². The molecule has 15 heavy (non-hydrogen) atoms. The molecule has 0 aromatic rings. The molecule has 2 N–H and O–H groups in total. The highest BCUT2D eigenvalue weighted by Gasteiger charge is 2.28. The van der Waals surface area contributed by atoms with Gasteiger partial charge in [0.05, 0.1) is 0 Å². The molecule has 2 nitrogen and oxygen atoms in total. The van der Waals surface area contributed by atoms with E-state index in [1.807, 2.05) is 7.05 Å². The van der Waals surface area contributed by atoms with E-state index in [2.05, 4.69) is 24.7 Å². The zero-order valence-electron chi connectivity index (χ0n) is 10.7. The van der Waals surface area contributed by atoms with Gasteiger partial charge in [0.1, 0.15) is 0 Å². The molecule has 0 radical (unpaired) electrons. The molecule has 90 valence electrons. The zero-order chi connectivity index (χ0) is 11.1. The normalized spacial score (nSPS) is 21.8. The predicted molar refractivity (Wildman–Crippen MR) is 66.7 cm³/mol. The van der Waals surface area contributed by atoms with Crippen LogP contribution in [0, 0.1) is 5.92 Å². The summed E-state index contributed by atoms with van der Waals surface area (Å²) in [6.45, 7) is 4.65. The molecule has 0 amide bonds. The SMILES string of the molecule is CNNC(C)(C)C1CCCCCCCC1. The number of hydrogen-bond acceptors (Lipinski definition) is 2. The highest BCUT2D eigenvalue weighted by Crippen LogP contribution is 2.29. The number of rotatable bonds is 3. The Kier molecular flexibility index (Phi) is 5.62. The molecule has 0 aliphatic heterocycles. The summed E-state index contributed by atoms with van der Waals surface area (Å²) in [4.78, 5) is 0. The Hall–Kier alpha value is -0.0800. The van der Waals surface area contributed by atoms with Crippen molar-refractivity contribution in [2.75, 3.05) is 7.05 Å². The fourth-order valence-electron chi connectivity index (χ4n) is 2.78. The first-order chi connectivity index (χ1) is 7.17. The maximum atomic E-state index is 3.41. The number of hydrogen-bond donors (Lipinski definition) is 2. The Morgan fingerprint density at radius 3 is 1.80 bits per heavy atom. The molecule has 1 aliphatic carbocycles. The summed E-state index contributed by atoms with van der Waals surface area (Å²) in [5.74, 6) is 0.822. The van der Waals surface area contributed by atoms with Crippen molar-refractivity contribution in [3.05, 3.63) is 0 Å². The van der Waals surface area contributed by atoms with Crippen LogP contribution in [0.3, 0.4) is 0 Å². The van der Waals surface area contributed by atoms with Gasteiger partial charge in [-0.3, -0.25) is 10.9 Å². The number of nitrogens with one attached hydrogen (secondary N) is 2. The van der Waals surface area contributed by atoms with Crippen molar-refractivity contribution in [3.63, 3.8) is 0 Å². The summed E-state index contributed by atoms with van der Waals surface area (Å²) in [7, 11) is 1.97. The molecule has 1 fully saturated rings. The molecular weight excluding hydrogens is 184 g/mol. The molecule has 1 saturated carbocycles. The second kappa shape index (κ2) is 6.49. The van der Waals surface area contributed by atoms with E-state index in [9.17, 15) is 0 Å². The monoisotopic (exact) mass is 212 g/mol. The maximum Gasteiger partial charge on any atom is 0.0295 e. The van der Waals surface area contributed by atoms with E-state index in [-0.39, 0.29) is 5.54 Å². The van der Waals surface area contributed by atoms with Crippen molar-refractivity contribution in [1.82, 2.24) is 10.9 Å². The van der Waals surface area contributed by atoms with Gasteiger partial charge in [0, 0.05) is 5.54 Å². The molecule has 2 heteroatoms. The van der Waals surface area contributed by atoms with Gasteiger partial charge in [-0.1, -0.05) is 38.5 Å². The van der Waals surface area contributed by atoms with Crippen LogP contribution in [0.2, 0.25) is 0 Å². The number of hydrazine groups is 1. The molecule has 0 unspecified atom stereocenters. The van der Waals surface area contributed by atoms with Crippen molar-refractivity contribution >= 4 is 0 Å². The van der Waals surface area contributed by atoms with E-state index in [4.69, 9.17) is 0 Å². The van der Waals surface area contributed by atoms with Gasteiger partial charge in [-0.05, 0) is 39.7 Å². The third-order valence-electron chi connectivity index (χ3n) is 3.82. The average Bonchev–Trinajstić information content (AvgIpc) is 2.30. The van der Waals surface area contributed by atoms with Gasteiger partial charge in [-0.2, -0.15) is 0 Å². The first kappa shape index (κ1) is 13.0. The lowest BCUT2D eigenvalue weighted by Crippen LogP contribution is -2.51. The molecule has 0 saturated heterocycles. The van der Waals surface area contributed by atoms with Gasteiger partial charge in [-0.15, -0.1) is 0 Å². The fourth-order valence-corrected chi connectivity index (χ4v) is 2.78. The van der Waals surface area contributed by atoms with Crippen LogP contribution in [0.15, 0.2) is 0 Å². The largest absolute Gasteiger partial charge is 0.260 e. The second-order valence-electron chi connectivity index (χ2n) is 5.49. The predicted octanol–water partition coefficient (Wildman–Crippen LogP) is 3.24. The first-order valence-electron chi connectivity index (χ1n) is 6.61. The van der Waals surface area contributed by atoms with Crippen LogP contribution in [-0.4, -0.2) is 12.6 Å². The van der Waals surface area contributed by atoms with Crippen molar-refractivity contribution < 1.29 is 0 Å². The van der Waals surface area contributed by atoms with Crippen LogP contribution in [0.1, 0.15) is 65.2 Å². The van der Waals surface area contributed by atoms with Crippen LogP contribution < -0.4 is 10.9 Å². The van der Waals surface area contributed by atoms with E-state index >= 15 is 0 Å². The third kappa shape index (κ3) is 4.52. The van der Waals surface area contributed by atoms with Crippen LogP contribution in [0.5, 0.6) is 0 Å². The smallest absolute Gasteiger partial charge is 0.0295 e. The molecule has 1 aliphatic rings. The maximum absolute atomic E-state index is 3.41. The summed E-state index contributed by atoms with van der Waals surface area (Å²) in [6, 6.07) is 0. The topological polar surface area (TPSA) is 24.1 Å². The van der Waals surface area contributed by atoms with E-state index in [0.717, 1.165) is 5.92 Å². The zero-order valence-corrected chi connectivity index (χ0v) is 10.7. The van der Waals surface area contributed by atoms with Gasteiger partial charge in [0.25, 0.3) is 0 Å². The molecule has 0 heterocycles. The van der Waals surface area contributed by atoms with Gasteiger partial charge >= 0.3 is 0 Å². The molecular formula is C13H28N2. The Morgan fingerprint density at radius 2 is 1.33 bits per heavy atom. The molecule has 0 spiro atoms. The van der Waals surface area contributed by atoms with Crippen LogP contribution in [0.4, 0.5) is 0 Å². The second-order valence-corrected chi connectivity index (χ2v) is 5.49. The Bertz CT molecular complexity index is 156. The van der Waals surface area contributed by atoms with E-state index in [1.165, 1.54) is 51.4 Å². The minimum atomic E-state index is 0.235. The van der Waals surface area contributed by atoms with Crippen LogP contribution in [-0.2, 0) is 0 Å².